The Hall–Kier alpha value is -1.88. The predicted octanol–water partition coefficient (Wildman–Crippen LogP) is 2.08. The monoisotopic (exact) mass is 278 g/mol. The SMILES string of the molecule is CCOC(=O)CCCNCc1ccccc1NC(C)=O. The maximum atomic E-state index is 11.2. The molecule has 110 valence electrons. The van der Waals surface area contributed by atoms with Crippen LogP contribution in [0.25, 0.3) is 0 Å². The number of hydrogen-bond donors (Lipinski definition) is 2. The second kappa shape index (κ2) is 9.09. The lowest BCUT2D eigenvalue weighted by Gasteiger charge is -2.10. The van der Waals surface area contributed by atoms with Crippen LogP contribution in [0.5, 0.6) is 0 Å². The van der Waals surface area contributed by atoms with Crippen LogP contribution in [0.4, 0.5) is 5.69 Å². The number of esters is 1. The van der Waals surface area contributed by atoms with E-state index < -0.39 is 0 Å². The Kier molecular flexibility index (Phi) is 7.35. The fourth-order valence-electron chi connectivity index (χ4n) is 1.80. The summed E-state index contributed by atoms with van der Waals surface area (Å²) >= 11 is 0. The fourth-order valence-corrected chi connectivity index (χ4v) is 1.80. The molecule has 0 aromatic heterocycles. The molecule has 1 aromatic carbocycles. The van der Waals surface area contributed by atoms with E-state index in [0.717, 1.165) is 24.2 Å². The summed E-state index contributed by atoms with van der Waals surface area (Å²) in [5, 5.41) is 6.05. The summed E-state index contributed by atoms with van der Waals surface area (Å²) in [6.45, 7) is 5.10. The molecule has 1 aromatic rings. The van der Waals surface area contributed by atoms with Gasteiger partial charge >= 0.3 is 5.97 Å². The fraction of sp³-hybridized carbons (Fsp3) is 0.467. The summed E-state index contributed by atoms with van der Waals surface area (Å²) in [4.78, 5) is 22.2. The van der Waals surface area contributed by atoms with Gasteiger partial charge in [-0.3, -0.25) is 9.59 Å². The molecule has 5 heteroatoms. The van der Waals surface area contributed by atoms with Crippen LogP contribution in [-0.4, -0.2) is 25.0 Å². The molecule has 2 N–H and O–H groups in total. The molecule has 0 atom stereocenters. The smallest absolute Gasteiger partial charge is 0.305 e. The number of hydrogen-bond acceptors (Lipinski definition) is 4. The largest absolute Gasteiger partial charge is 0.466 e. The predicted molar refractivity (Wildman–Crippen MR) is 78.3 cm³/mol. The molecule has 1 rings (SSSR count). The van der Waals surface area contributed by atoms with Gasteiger partial charge in [-0.25, -0.2) is 0 Å². The zero-order valence-corrected chi connectivity index (χ0v) is 12.1. The number of ether oxygens (including phenoxy) is 1. The van der Waals surface area contributed by atoms with Gasteiger partial charge in [0.25, 0.3) is 0 Å². The van der Waals surface area contributed by atoms with Crippen molar-refractivity contribution in [2.45, 2.75) is 33.2 Å². The van der Waals surface area contributed by atoms with E-state index in [1.807, 2.05) is 24.3 Å². The average molecular weight is 278 g/mol. The lowest BCUT2D eigenvalue weighted by atomic mass is 10.1. The lowest BCUT2D eigenvalue weighted by molar-refractivity contribution is -0.143. The summed E-state index contributed by atoms with van der Waals surface area (Å²) in [7, 11) is 0. The molecule has 20 heavy (non-hydrogen) atoms. The van der Waals surface area contributed by atoms with E-state index in [-0.39, 0.29) is 11.9 Å². The van der Waals surface area contributed by atoms with Crippen LogP contribution in [0.3, 0.4) is 0 Å². The van der Waals surface area contributed by atoms with Gasteiger partial charge in [0.15, 0.2) is 0 Å². The first-order valence-corrected chi connectivity index (χ1v) is 6.85. The Morgan fingerprint density at radius 1 is 1.25 bits per heavy atom. The minimum Gasteiger partial charge on any atom is -0.466 e. The molecule has 0 saturated carbocycles. The van der Waals surface area contributed by atoms with Crippen LogP contribution >= 0.6 is 0 Å². The van der Waals surface area contributed by atoms with E-state index >= 15 is 0 Å². The third-order valence-corrected chi connectivity index (χ3v) is 2.68. The summed E-state index contributed by atoms with van der Waals surface area (Å²) in [6.07, 6.45) is 1.16. The molecular formula is C15H22N2O3. The zero-order valence-electron chi connectivity index (χ0n) is 12.1. The third-order valence-electron chi connectivity index (χ3n) is 2.68. The van der Waals surface area contributed by atoms with Crippen LogP contribution in [0.15, 0.2) is 24.3 Å². The zero-order chi connectivity index (χ0) is 14.8. The van der Waals surface area contributed by atoms with Gasteiger partial charge in [0.1, 0.15) is 0 Å². The second-order valence-corrected chi connectivity index (χ2v) is 4.42. The van der Waals surface area contributed by atoms with E-state index in [0.29, 0.717) is 19.6 Å². The topological polar surface area (TPSA) is 67.4 Å². The molecule has 0 heterocycles. The quantitative estimate of drug-likeness (QED) is 0.564. The molecule has 1 amide bonds. The Morgan fingerprint density at radius 2 is 2.00 bits per heavy atom. The van der Waals surface area contributed by atoms with E-state index in [1.54, 1.807) is 6.92 Å². The van der Waals surface area contributed by atoms with Crippen molar-refractivity contribution in [3.05, 3.63) is 29.8 Å². The number of amides is 1. The van der Waals surface area contributed by atoms with Crippen molar-refractivity contribution in [1.29, 1.82) is 0 Å². The van der Waals surface area contributed by atoms with E-state index in [9.17, 15) is 9.59 Å². The third kappa shape index (κ3) is 6.33. The summed E-state index contributed by atoms with van der Waals surface area (Å²) in [6, 6.07) is 7.65. The van der Waals surface area contributed by atoms with Crippen molar-refractivity contribution in [1.82, 2.24) is 5.32 Å². The highest BCUT2D eigenvalue weighted by atomic mass is 16.5. The van der Waals surface area contributed by atoms with E-state index in [1.165, 1.54) is 6.92 Å². The number of carbonyl (C=O) groups is 2. The second-order valence-electron chi connectivity index (χ2n) is 4.42. The lowest BCUT2D eigenvalue weighted by Crippen LogP contribution is -2.18. The number of benzene rings is 1. The summed E-state index contributed by atoms with van der Waals surface area (Å²) in [5.74, 6) is -0.243. The van der Waals surface area contributed by atoms with Gasteiger partial charge in [-0.2, -0.15) is 0 Å². The van der Waals surface area contributed by atoms with Crippen molar-refractivity contribution in [3.8, 4) is 0 Å². The maximum Gasteiger partial charge on any atom is 0.305 e. The van der Waals surface area contributed by atoms with Crippen LogP contribution in [0.2, 0.25) is 0 Å². The maximum absolute atomic E-state index is 11.2. The van der Waals surface area contributed by atoms with Crippen LogP contribution in [0, 0.1) is 0 Å². The number of nitrogens with one attached hydrogen (secondary N) is 2. The summed E-state index contributed by atoms with van der Waals surface area (Å²) in [5.41, 5.74) is 1.84. The minimum absolute atomic E-state index is 0.0836. The van der Waals surface area contributed by atoms with Crippen LogP contribution in [0.1, 0.15) is 32.3 Å². The highest BCUT2D eigenvalue weighted by Gasteiger charge is 2.04. The number of rotatable bonds is 8. The normalized spacial score (nSPS) is 10.1. The Labute approximate surface area is 119 Å². The number of para-hydroxylation sites is 1. The average Bonchev–Trinajstić information content (AvgIpc) is 2.40. The molecule has 0 unspecified atom stereocenters. The Balaban J connectivity index is 2.31. The highest BCUT2D eigenvalue weighted by Crippen LogP contribution is 2.14. The number of carbonyl (C=O) groups excluding carboxylic acids is 2. The minimum atomic E-state index is -0.159. The van der Waals surface area contributed by atoms with Gasteiger partial charge in [-0.1, -0.05) is 18.2 Å². The first-order valence-electron chi connectivity index (χ1n) is 6.85. The van der Waals surface area contributed by atoms with Gasteiger partial charge in [0.2, 0.25) is 5.91 Å². The van der Waals surface area contributed by atoms with Crippen molar-refractivity contribution in [2.24, 2.45) is 0 Å². The van der Waals surface area contributed by atoms with E-state index in [4.69, 9.17) is 4.74 Å². The van der Waals surface area contributed by atoms with Gasteiger partial charge in [0, 0.05) is 25.6 Å². The molecule has 0 aliphatic carbocycles. The first-order chi connectivity index (χ1) is 9.63. The molecule has 0 radical (unpaired) electrons. The highest BCUT2D eigenvalue weighted by molar-refractivity contribution is 5.89. The molecule has 0 aliphatic rings. The molecule has 5 nitrogen and oxygen atoms in total. The molecule has 0 spiro atoms. The van der Waals surface area contributed by atoms with Gasteiger partial charge in [0.05, 0.1) is 6.61 Å². The van der Waals surface area contributed by atoms with Gasteiger partial charge in [-0.15, -0.1) is 0 Å². The standard InChI is InChI=1S/C15H22N2O3/c1-3-20-15(19)9-6-10-16-11-13-7-4-5-8-14(13)17-12(2)18/h4-5,7-8,16H,3,6,9-11H2,1-2H3,(H,17,18). The van der Waals surface area contributed by atoms with Gasteiger partial charge in [-0.05, 0) is 31.5 Å². The number of anilines is 1. The van der Waals surface area contributed by atoms with Crippen molar-refractivity contribution in [3.63, 3.8) is 0 Å². The van der Waals surface area contributed by atoms with Crippen LogP contribution < -0.4 is 10.6 Å². The van der Waals surface area contributed by atoms with Gasteiger partial charge < -0.3 is 15.4 Å². The molecular weight excluding hydrogens is 256 g/mol. The van der Waals surface area contributed by atoms with Crippen molar-refractivity contribution < 1.29 is 14.3 Å². The van der Waals surface area contributed by atoms with E-state index in [2.05, 4.69) is 10.6 Å². The molecule has 0 fully saturated rings. The first kappa shape index (κ1) is 16.2. The Morgan fingerprint density at radius 3 is 2.70 bits per heavy atom. The van der Waals surface area contributed by atoms with Crippen molar-refractivity contribution in [2.75, 3.05) is 18.5 Å². The van der Waals surface area contributed by atoms with Crippen LogP contribution in [-0.2, 0) is 20.9 Å². The molecule has 0 aliphatic heterocycles. The molecule has 0 bridgehead atoms. The molecule has 0 saturated heterocycles. The Bertz CT molecular complexity index is 446. The summed E-state index contributed by atoms with van der Waals surface area (Å²) < 4.78 is 4.86. The van der Waals surface area contributed by atoms with Crippen molar-refractivity contribution >= 4 is 17.6 Å².